The molecule has 0 saturated carbocycles. The van der Waals surface area contributed by atoms with Gasteiger partial charge in [0.15, 0.2) is 5.76 Å². The molecule has 5 rings (SSSR count). The van der Waals surface area contributed by atoms with E-state index in [0.717, 1.165) is 5.56 Å². The van der Waals surface area contributed by atoms with E-state index in [4.69, 9.17) is 9.68 Å². The lowest BCUT2D eigenvalue weighted by Crippen LogP contribution is -2.11. The molecule has 0 unspecified atom stereocenters. The second-order valence-electron chi connectivity index (χ2n) is 8.05. The summed E-state index contributed by atoms with van der Waals surface area (Å²) in [6.45, 7) is 0. The van der Waals surface area contributed by atoms with Crippen molar-refractivity contribution in [3.63, 3.8) is 0 Å². The Bertz CT molecular complexity index is 1720. The predicted molar refractivity (Wildman–Crippen MR) is 134 cm³/mol. The average Bonchev–Trinajstić information content (AvgIpc) is 2.91. The maximum Gasteiger partial charge on any atom is 0.255 e. The van der Waals surface area contributed by atoms with Crippen LogP contribution in [0.15, 0.2) is 100 Å². The highest BCUT2D eigenvalue weighted by Gasteiger charge is 2.17. The number of aromatic hydroxyl groups is 1. The summed E-state index contributed by atoms with van der Waals surface area (Å²) in [6.07, 6.45) is 0. The summed E-state index contributed by atoms with van der Waals surface area (Å²) in [5, 5.41) is 22.5. The van der Waals surface area contributed by atoms with Crippen molar-refractivity contribution in [2.24, 2.45) is 0 Å². The molecule has 174 valence electrons. The molecular weight excluding hydrogens is 459 g/mol. The molecule has 1 heterocycles. The van der Waals surface area contributed by atoms with E-state index < -0.39 is 11.2 Å². The normalized spacial score (nSPS) is 10.7. The molecule has 0 fully saturated rings. The van der Waals surface area contributed by atoms with E-state index in [1.54, 1.807) is 78.9 Å². The molecule has 0 radical (unpaired) electrons. The number of nitriles is 1. The van der Waals surface area contributed by atoms with Crippen LogP contribution in [0.3, 0.4) is 0 Å². The third-order valence-corrected chi connectivity index (χ3v) is 5.70. The molecule has 5 aromatic rings. The topological polar surface area (TPSA) is 103 Å². The number of carbonyl (C=O) groups excluding carboxylic acids is 1. The Kier molecular flexibility index (Phi) is 5.77. The number of anilines is 1. The summed E-state index contributed by atoms with van der Waals surface area (Å²) in [5.74, 6) is -1.33. The van der Waals surface area contributed by atoms with E-state index in [1.807, 2.05) is 6.07 Å². The minimum Gasteiger partial charge on any atom is -0.502 e. The molecule has 0 aliphatic carbocycles. The highest BCUT2D eigenvalue weighted by Crippen LogP contribution is 2.33. The second-order valence-corrected chi connectivity index (χ2v) is 8.05. The Labute approximate surface area is 204 Å². The van der Waals surface area contributed by atoms with Crippen LogP contribution in [0.2, 0.25) is 0 Å². The molecule has 0 aliphatic rings. The van der Waals surface area contributed by atoms with Crippen molar-refractivity contribution in [3.8, 4) is 34.3 Å². The number of benzene rings is 4. The third-order valence-electron chi connectivity index (χ3n) is 5.70. The van der Waals surface area contributed by atoms with Crippen molar-refractivity contribution in [3.05, 3.63) is 118 Å². The van der Waals surface area contributed by atoms with Crippen molar-refractivity contribution in [2.45, 2.75) is 0 Å². The Morgan fingerprint density at radius 3 is 2.33 bits per heavy atom. The van der Waals surface area contributed by atoms with Gasteiger partial charge in [-0.1, -0.05) is 30.3 Å². The zero-order valence-corrected chi connectivity index (χ0v) is 18.7. The summed E-state index contributed by atoms with van der Waals surface area (Å²) in [4.78, 5) is 25.5. The summed E-state index contributed by atoms with van der Waals surface area (Å²) in [7, 11) is 0. The third kappa shape index (κ3) is 4.31. The first kappa shape index (κ1) is 22.6. The molecule has 0 spiro atoms. The van der Waals surface area contributed by atoms with Gasteiger partial charge in [0.25, 0.3) is 5.91 Å². The summed E-state index contributed by atoms with van der Waals surface area (Å²) in [5.41, 5.74) is 2.73. The molecule has 1 amide bonds. The quantitative estimate of drug-likeness (QED) is 0.326. The summed E-state index contributed by atoms with van der Waals surface area (Å²) >= 11 is 0. The smallest absolute Gasteiger partial charge is 0.255 e. The number of nitrogens with zero attached hydrogens (tertiary/aromatic N) is 1. The van der Waals surface area contributed by atoms with E-state index in [9.17, 15) is 19.1 Å². The molecule has 0 bridgehead atoms. The monoisotopic (exact) mass is 476 g/mol. The minimum absolute atomic E-state index is 0.0433. The number of amides is 1. The van der Waals surface area contributed by atoms with Crippen molar-refractivity contribution < 1.29 is 18.7 Å². The fourth-order valence-electron chi connectivity index (χ4n) is 3.84. The molecule has 4 aromatic carbocycles. The van der Waals surface area contributed by atoms with E-state index in [2.05, 4.69) is 5.32 Å². The number of halogens is 1. The molecule has 36 heavy (non-hydrogen) atoms. The molecule has 2 N–H and O–H groups in total. The number of rotatable bonds is 4. The molecular formula is C29H17FN2O4. The van der Waals surface area contributed by atoms with Crippen LogP contribution in [0.25, 0.3) is 33.4 Å². The van der Waals surface area contributed by atoms with Crippen molar-refractivity contribution in [1.29, 1.82) is 5.26 Å². The first-order valence-corrected chi connectivity index (χ1v) is 10.9. The van der Waals surface area contributed by atoms with Gasteiger partial charge in [-0.15, -0.1) is 0 Å². The fourth-order valence-corrected chi connectivity index (χ4v) is 3.84. The van der Waals surface area contributed by atoms with Crippen molar-refractivity contribution >= 4 is 22.6 Å². The SMILES string of the molecule is N#Cc1ccc(C(=O)Nc2cccc(-c3oc4cc(-c5ccc(F)cc5)ccc4c(=O)c3O)c2)cc1. The fraction of sp³-hybridized carbons (Fsp3) is 0. The highest BCUT2D eigenvalue weighted by molar-refractivity contribution is 6.04. The Hall–Kier alpha value is -5.22. The predicted octanol–water partition coefficient (Wildman–Crippen LogP) is 6.10. The van der Waals surface area contributed by atoms with Crippen molar-refractivity contribution in [1.82, 2.24) is 0 Å². The van der Waals surface area contributed by atoms with Crippen LogP contribution in [-0.2, 0) is 0 Å². The standard InChI is InChI=1S/C29H17FN2O4/c30-22-11-8-18(9-12-22)20-10-13-24-25(15-20)36-28(27(34)26(24)33)21-2-1-3-23(14-21)32-29(35)19-6-4-17(16-31)5-7-19/h1-15,34H,(H,32,35). The number of carbonyl (C=O) groups is 1. The minimum atomic E-state index is -0.594. The maximum atomic E-state index is 13.3. The Morgan fingerprint density at radius 1 is 0.889 bits per heavy atom. The van der Waals surface area contributed by atoms with Gasteiger partial charge in [-0.2, -0.15) is 5.26 Å². The van der Waals surface area contributed by atoms with Crippen LogP contribution < -0.4 is 10.7 Å². The first-order chi connectivity index (χ1) is 17.4. The van der Waals surface area contributed by atoms with Crippen molar-refractivity contribution in [2.75, 3.05) is 5.32 Å². The van der Waals surface area contributed by atoms with Crippen LogP contribution >= 0.6 is 0 Å². The van der Waals surface area contributed by atoms with E-state index in [-0.39, 0.29) is 28.5 Å². The zero-order chi connectivity index (χ0) is 25.2. The van der Waals surface area contributed by atoms with Gasteiger partial charge in [0.1, 0.15) is 11.4 Å². The molecule has 0 atom stereocenters. The van der Waals surface area contributed by atoms with E-state index >= 15 is 0 Å². The van der Waals surface area contributed by atoms with Gasteiger partial charge in [0.2, 0.25) is 11.2 Å². The van der Waals surface area contributed by atoms with Crippen LogP contribution in [0.1, 0.15) is 15.9 Å². The van der Waals surface area contributed by atoms with Crippen LogP contribution in [0.5, 0.6) is 5.75 Å². The Morgan fingerprint density at radius 2 is 1.61 bits per heavy atom. The molecule has 6 nitrogen and oxygen atoms in total. The van der Waals surface area contributed by atoms with Gasteiger partial charge in [-0.3, -0.25) is 9.59 Å². The van der Waals surface area contributed by atoms with Gasteiger partial charge >= 0.3 is 0 Å². The van der Waals surface area contributed by atoms with E-state index in [0.29, 0.717) is 27.9 Å². The lowest BCUT2D eigenvalue weighted by Gasteiger charge is -2.10. The zero-order valence-electron chi connectivity index (χ0n) is 18.7. The maximum absolute atomic E-state index is 13.3. The lowest BCUT2D eigenvalue weighted by atomic mass is 10.0. The molecule has 0 saturated heterocycles. The molecule has 7 heteroatoms. The Balaban J connectivity index is 1.51. The van der Waals surface area contributed by atoms with E-state index in [1.165, 1.54) is 12.1 Å². The molecule has 1 aromatic heterocycles. The van der Waals surface area contributed by atoms with Gasteiger partial charge in [0, 0.05) is 16.8 Å². The van der Waals surface area contributed by atoms with Crippen LogP contribution in [0, 0.1) is 17.1 Å². The number of hydrogen-bond acceptors (Lipinski definition) is 5. The van der Waals surface area contributed by atoms with Crippen LogP contribution in [-0.4, -0.2) is 11.0 Å². The van der Waals surface area contributed by atoms with Gasteiger partial charge < -0.3 is 14.8 Å². The number of nitrogens with one attached hydrogen (secondary N) is 1. The van der Waals surface area contributed by atoms with Crippen LogP contribution in [0.4, 0.5) is 10.1 Å². The first-order valence-electron chi connectivity index (χ1n) is 10.9. The number of hydrogen-bond donors (Lipinski definition) is 2. The largest absolute Gasteiger partial charge is 0.502 e. The van der Waals surface area contributed by atoms with Gasteiger partial charge in [-0.05, 0) is 71.8 Å². The molecule has 0 aliphatic heterocycles. The average molecular weight is 476 g/mol. The van der Waals surface area contributed by atoms with Gasteiger partial charge in [0.05, 0.1) is 17.0 Å². The second kappa shape index (κ2) is 9.20. The lowest BCUT2D eigenvalue weighted by molar-refractivity contribution is 0.102. The number of fused-ring (bicyclic) bond motifs is 1. The van der Waals surface area contributed by atoms with Gasteiger partial charge in [-0.25, -0.2) is 4.39 Å². The summed E-state index contributed by atoms with van der Waals surface area (Å²) in [6, 6.07) is 25.6. The highest BCUT2D eigenvalue weighted by atomic mass is 19.1. The summed E-state index contributed by atoms with van der Waals surface area (Å²) < 4.78 is 19.3.